The molecule has 1 amide bonds. The van der Waals surface area contributed by atoms with E-state index in [2.05, 4.69) is 5.32 Å². The van der Waals surface area contributed by atoms with E-state index in [-0.39, 0.29) is 25.1 Å². The minimum atomic E-state index is -0.972. The van der Waals surface area contributed by atoms with Crippen molar-refractivity contribution in [2.45, 2.75) is 85.7 Å². The molecular formula is C27H41NO8S. The Morgan fingerprint density at radius 1 is 0.946 bits per heavy atom. The number of thioether (sulfide) groups is 1. The molecule has 0 saturated carbocycles. The lowest BCUT2D eigenvalue weighted by Gasteiger charge is -2.46. The van der Waals surface area contributed by atoms with Gasteiger partial charge >= 0.3 is 11.9 Å². The van der Waals surface area contributed by atoms with Crippen LogP contribution in [0.5, 0.6) is 0 Å². The van der Waals surface area contributed by atoms with Crippen LogP contribution in [0.2, 0.25) is 0 Å². The van der Waals surface area contributed by atoms with Crippen LogP contribution < -0.4 is 5.32 Å². The van der Waals surface area contributed by atoms with Crippen molar-refractivity contribution in [1.29, 1.82) is 0 Å². The zero-order chi connectivity index (χ0) is 27.8. The Morgan fingerprint density at radius 2 is 1.57 bits per heavy atom. The van der Waals surface area contributed by atoms with Crippen molar-refractivity contribution in [1.82, 2.24) is 5.32 Å². The molecule has 1 aromatic rings. The lowest BCUT2D eigenvalue weighted by molar-refractivity contribution is -0.284. The molecule has 1 aromatic carbocycles. The van der Waals surface area contributed by atoms with E-state index in [1.165, 1.54) is 18.7 Å². The number of nitrogens with one attached hydrogen (secondary N) is 1. The number of carbonyl (C=O) groups is 3. The van der Waals surface area contributed by atoms with E-state index in [1.54, 1.807) is 41.5 Å². The molecule has 2 rings (SSSR count). The van der Waals surface area contributed by atoms with Crippen LogP contribution in [0.4, 0.5) is 0 Å². The van der Waals surface area contributed by atoms with Gasteiger partial charge in [0.1, 0.15) is 24.9 Å². The third-order valence-corrected chi connectivity index (χ3v) is 5.87. The lowest BCUT2D eigenvalue weighted by atomic mass is 9.93. The standard InChI is InChI=1S/C27H41NO8S/c1-17(29)28-20-22(34-16-37-8)21(36-25(31)27(5,6)7)19(15-33-24(30)26(2,3)4)35-23(20)32-14-18-12-10-9-11-13-18/h9-13,19-23H,14-16H2,1-8H3,(H,28,29)/t19-,20-,21+,22-,23+/m1/s1. The van der Waals surface area contributed by atoms with Crippen molar-refractivity contribution in [3.8, 4) is 0 Å². The summed E-state index contributed by atoms with van der Waals surface area (Å²) in [6, 6.07) is 8.73. The first-order valence-corrected chi connectivity index (χ1v) is 13.7. The smallest absolute Gasteiger partial charge is 0.311 e. The van der Waals surface area contributed by atoms with E-state index in [1.807, 2.05) is 36.6 Å². The molecule has 1 fully saturated rings. The van der Waals surface area contributed by atoms with Crippen LogP contribution in [-0.2, 0) is 44.7 Å². The van der Waals surface area contributed by atoms with Gasteiger partial charge in [-0.2, -0.15) is 0 Å². The maximum atomic E-state index is 13.0. The predicted molar refractivity (Wildman–Crippen MR) is 141 cm³/mol. The van der Waals surface area contributed by atoms with Gasteiger partial charge in [-0.1, -0.05) is 30.3 Å². The Hall–Kier alpha value is -2.14. The Bertz CT molecular complexity index is 896. The fourth-order valence-electron chi connectivity index (χ4n) is 3.48. The summed E-state index contributed by atoms with van der Waals surface area (Å²) < 4.78 is 30.0. The Balaban J connectivity index is 2.42. The van der Waals surface area contributed by atoms with Gasteiger partial charge in [0, 0.05) is 6.92 Å². The van der Waals surface area contributed by atoms with Crippen LogP contribution >= 0.6 is 11.8 Å². The minimum absolute atomic E-state index is 0.185. The fraction of sp³-hybridized carbons (Fsp3) is 0.667. The van der Waals surface area contributed by atoms with Crippen molar-refractivity contribution in [2.24, 2.45) is 10.8 Å². The van der Waals surface area contributed by atoms with E-state index in [4.69, 9.17) is 23.7 Å². The van der Waals surface area contributed by atoms with Crippen LogP contribution in [0.1, 0.15) is 54.0 Å². The number of benzene rings is 1. The number of hydrogen-bond donors (Lipinski definition) is 1. The van der Waals surface area contributed by atoms with Gasteiger partial charge in [0.25, 0.3) is 0 Å². The number of esters is 2. The van der Waals surface area contributed by atoms with Gasteiger partial charge in [-0.3, -0.25) is 14.4 Å². The summed E-state index contributed by atoms with van der Waals surface area (Å²) in [6.45, 7) is 11.9. The van der Waals surface area contributed by atoms with Crippen molar-refractivity contribution in [3.63, 3.8) is 0 Å². The number of hydrogen-bond acceptors (Lipinski definition) is 9. The summed E-state index contributed by atoms with van der Waals surface area (Å²) in [6.07, 6.45) is -1.78. The molecule has 0 bridgehead atoms. The third-order valence-electron chi connectivity index (χ3n) is 5.50. The molecule has 9 nitrogen and oxygen atoms in total. The molecule has 1 aliphatic rings. The van der Waals surface area contributed by atoms with Gasteiger partial charge in [-0.25, -0.2) is 0 Å². The highest BCUT2D eigenvalue weighted by Crippen LogP contribution is 2.31. The summed E-state index contributed by atoms with van der Waals surface area (Å²) in [5.74, 6) is -0.955. The average molecular weight is 540 g/mol. The fourth-order valence-corrected chi connectivity index (χ4v) is 3.78. The van der Waals surface area contributed by atoms with Crippen molar-refractivity contribution >= 4 is 29.6 Å². The quantitative estimate of drug-likeness (QED) is 0.352. The number of ether oxygens (including phenoxy) is 5. The second-order valence-electron chi connectivity index (χ2n) is 11.1. The lowest BCUT2D eigenvalue weighted by Crippen LogP contribution is -2.66. The zero-order valence-corrected chi connectivity index (χ0v) is 23.9. The number of amides is 1. The van der Waals surface area contributed by atoms with E-state index in [0.717, 1.165) is 5.56 Å². The average Bonchev–Trinajstić information content (AvgIpc) is 2.81. The molecule has 0 unspecified atom stereocenters. The topological polar surface area (TPSA) is 109 Å². The van der Waals surface area contributed by atoms with Gasteiger partial charge in [-0.05, 0) is 53.4 Å². The Labute approximate surface area is 224 Å². The molecule has 0 aromatic heterocycles. The van der Waals surface area contributed by atoms with Crippen LogP contribution in [-0.4, -0.2) is 67.3 Å². The van der Waals surface area contributed by atoms with E-state index in [0.29, 0.717) is 0 Å². The molecule has 1 aliphatic heterocycles. The van der Waals surface area contributed by atoms with Crippen molar-refractivity contribution in [2.75, 3.05) is 18.8 Å². The van der Waals surface area contributed by atoms with Crippen LogP contribution in [0.25, 0.3) is 0 Å². The second-order valence-corrected chi connectivity index (χ2v) is 11.9. The summed E-state index contributed by atoms with van der Waals surface area (Å²) in [4.78, 5) is 37.7. The third kappa shape index (κ3) is 9.59. The minimum Gasteiger partial charge on any atom is -0.462 e. The molecule has 10 heteroatoms. The van der Waals surface area contributed by atoms with Crippen LogP contribution in [0.3, 0.4) is 0 Å². The SMILES string of the molecule is CSCO[C@@H]1[C@@H](NC(C)=O)[C@@H](OCc2ccccc2)O[C@H](COC(=O)C(C)(C)C)[C@@H]1OC(=O)C(C)(C)C. The Kier molecular flexibility index (Phi) is 11.4. The van der Waals surface area contributed by atoms with Gasteiger partial charge in [0.05, 0.1) is 23.4 Å². The molecule has 0 spiro atoms. The molecular weight excluding hydrogens is 498 g/mol. The molecule has 0 aliphatic carbocycles. The maximum absolute atomic E-state index is 13.0. The molecule has 1 saturated heterocycles. The highest BCUT2D eigenvalue weighted by atomic mass is 32.2. The van der Waals surface area contributed by atoms with Crippen molar-refractivity contribution < 1.29 is 38.1 Å². The Morgan fingerprint density at radius 3 is 2.11 bits per heavy atom. The first-order valence-electron chi connectivity index (χ1n) is 12.3. The number of rotatable bonds is 10. The maximum Gasteiger partial charge on any atom is 0.311 e. The largest absolute Gasteiger partial charge is 0.462 e. The van der Waals surface area contributed by atoms with Gasteiger partial charge < -0.3 is 29.0 Å². The van der Waals surface area contributed by atoms with E-state index >= 15 is 0 Å². The monoisotopic (exact) mass is 539 g/mol. The summed E-state index contributed by atoms with van der Waals surface area (Å²) in [7, 11) is 0. The first kappa shape index (κ1) is 31.1. The van der Waals surface area contributed by atoms with E-state index < -0.39 is 53.4 Å². The van der Waals surface area contributed by atoms with Crippen LogP contribution in [0.15, 0.2) is 30.3 Å². The van der Waals surface area contributed by atoms with Gasteiger partial charge in [0.2, 0.25) is 5.91 Å². The zero-order valence-electron chi connectivity index (χ0n) is 23.1. The predicted octanol–water partition coefficient (Wildman–Crippen LogP) is 3.69. The molecule has 5 atom stereocenters. The van der Waals surface area contributed by atoms with Gasteiger partial charge in [-0.15, -0.1) is 11.8 Å². The summed E-state index contributed by atoms with van der Waals surface area (Å²) in [5.41, 5.74) is -0.629. The molecule has 1 N–H and O–H groups in total. The highest BCUT2D eigenvalue weighted by Gasteiger charge is 2.51. The molecule has 208 valence electrons. The van der Waals surface area contributed by atoms with Gasteiger partial charge in [0.15, 0.2) is 12.4 Å². The molecule has 1 heterocycles. The van der Waals surface area contributed by atoms with E-state index in [9.17, 15) is 14.4 Å². The molecule has 37 heavy (non-hydrogen) atoms. The van der Waals surface area contributed by atoms with Crippen molar-refractivity contribution in [3.05, 3.63) is 35.9 Å². The molecule has 0 radical (unpaired) electrons. The second kappa shape index (κ2) is 13.6. The highest BCUT2D eigenvalue weighted by molar-refractivity contribution is 7.98. The first-order chi connectivity index (χ1) is 17.2. The van der Waals surface area contributed by atoms with Crippen LogP contribution in [0, 0.1) is 10.8 Å². The number of carbonyl (C=O) groups excluding carboxylic acids is 3. The normalized spacial score (nSPS) is 24.3. The summed E-state index contributed by atoms with van der Waals surface area (Å²) >= 11 is 1.43. The summed E-state index contributed by atoms with van der Waals surface area (Å²) in [5, 5.41) is 2.86.